The van der Waals surface area contributed by atoms with E-state index in [9.17, 15) is 67.7 Å². The third-order valence-corrected chi connectivity index (χ3v) is 23.5. The summed E-state index contributed by atoms with van der Waals surface area (Å²) in [6.07, 6.45) is 23.7. The lowest BCUT2D eigenvalue weighted by molar-refractivity contribution is -0.143. The quantitative estimate of drug-likeness (QED) is 0.0153. The van der Waals surface area contributed by atoms with E-state index in [1.165, 1.54) is 63.9 Å². The van der Waals surface area contributed by atoms with Crippen LogP contribution in [0.3, 0.4) is 0 Å². The Kier molecular flexibility index (Phi) is 54.8. The number of carbonyl (C=O) groups is 16. The van der Waals surface area contributed by atoms with E-state index in [2.05, 4.69) is 117 Å². The third kappa shape index (κ3) is 46.1. The smallest absolute Gasteiger partial charge is 0.246 e. The number of primary amides is 2. The number of allylic oxidation sites excluding steroid dienone is 4. The first-order valence-corrected chi connectivity index (χ1v) is 48.6. The number of guanidine groups is 1. The Morgan fingerprint density at radius 1 is 0.636 bits per heavy atom. The van der Waals surface area contributed by atoms with Gasteiger partial charge in [0.1, 0.15) is 78.9 Å². The summed E-state index contributed by atoms with van der Waals surface area (Å²) in [4.78, 5) is 234. The topological polar surface area (TPSA) is 727 Å². The Morgan fingerprint density at radius 2 is 1.26 bits per heavy atom. The molecule has 774 valence electrons. The maximum absolute atomic E-state index is 15.4. The standard InChI is InChI=1S/C93H147N27O20/c1-3-4-31-66(84(130)112-70-38-40-79(125)101-43-25-23-32-65(82(96)128)107-88(134)72(50-62-53-99-42-24-17-18-28-60(62)2)113-85(131)68(34-27-44-103-93(97)98)110-87(133)71(49-61-29-19-16-20-30-61)115-91(137)75-52-64(122)56-120(75)92(70)138)108-83(129)67(33-26-41-94)109-89(135)73(51-63-54-100-59-105-63)114-86(132)69(37-39-76(95)123)111-90(136)74(57-121)106-80(126)55-104-81(127)58-140-48-47-139-46-45-102-78(124)36-22-15-13-11-9-7-5-6-8-10-12-14-21-35-77-116-118-119-117-77/h16-20,24,28-30,53-54,59,64-75,99,121-122H,2-15,21-23,25-27,31-52,55-58,94H2,1H3,(H2,95,123)(H2,96,128)(H,100,105)(H,101,125)(H,102,124)(H,104,127)(H,106,126)(H,107,134)(H,108,129)(H,109,135)(H,110,133)(H,111,136)(H,112,130)(H,113,131)(H,114,132)(H,115,137)(H4,97,98,103)(H,116,117,118,119)/b24-17-,28-18-,62-53-/t64-,65+,66+,67+,68+,69+,70+,71-,72+,73+,74+,75+/m1/s1. The molecule has 3 aliphatic heterocycles. The summed E-state index contributed by atoms with van der Waals surface area (Å²) in [6.45, 7) is 4.13. The number of nitrogens with zero attached hydrogens (tertiary/aromatic N) is 5. The van der Waals surface area contributed by atoms with Crippen molar-refractivity contribution in [3.8, 4) is 0 Å². The molecular formula is C93H147N27O20. The summed E-state index contributed by atoms with van der Waals surface area (Å²) in [5.41, 5.74) is 24.6. The fraction of sp³-hybridized carbons (Fsp3) is 0.624. The van der Waals surface area contributed by atoms with Crippen molar-refractivity contribution in [2.24, 2.45) is 22.9 Å². The molecular weight excluding hydrogens is 1820 g/mol. The second-order valence-electron chi connectivity index (χ2n) is 34.9. The molecule has 6 rings (SSSR count). The zero-order chi connectivity index (χ0) is 102. The van der Waals surface area contributed by atoms with Crippen LogP contribution in [0.5, 0.6) is 0 Å². The van der Waals surface area contributed by atoms with Gasteiger partial charge < -0.3 is 132 Å². The van der Waals surface area contributed by atoms with Gasteiger partial charge in [-0.1, -0.05) is 152 Å². The highest BCUT2D eigenvalue weighted by atomic mass is 16.5. The van der Waals surface area contributed by atoms with Crippen LogP contribution in [0, 0.1) is 5.41 Å². The summed E-state index contributed by atoms with van der Waals surface area (Å²) < 4.78 is 10.9. The molecule has 3 aliphatic rings. The van der Waals surface area contributed by atoms with Crippen LogP contribution < -0.4 is 103 Å². The molecule has 3 aromatic rings. The van der Waals surface area contributed by atoms with Gasteiger partial charge in [-0.05, 0) is 111 Å². The molecule has 47 heteroatoms. The van der Waals surface area contributed by atoms with Crippen molar-refractivity contribution in [3.63, 3.8) is 0 Å². The molecule has 47 nitrogen and oxygen atoms in total. The highest BCUT2D eigenvalue weighted by molar-refractivity contribution is 6.00. The number of hydrogen-bond acceptors (Lipinski definition) is 27. The lowest BCUT2D eigenvalue weighted by atomic mass is 9.98. The maximum atomic E-state index is 15.4. The lowest BCUT2D eigenvalue weighted by Crippen LogP contribution is -2.61. The summed E-state index contributed by atoms with van der Waals surface area (Å²) in [5, 5.41) is 83.2. The Labute approximate surface area is 815 Å². The number of nitrogens with one attached hydrogen (secondary N) is 18. The van der Waals surface area contributed by atoms with Gasteiger partial charge >= 0.3 is 0 Å². The van der Waals surface area contributed by atoms with Gasteiger partial charge in [0.05, 0.1) is 51.1 Å². The molecule has 28 N–H and O–H groups in total. The van der Waals surface area contributed by atoms with Crippen molar-refractivity contribution in [1.29, 1.82) is 5.41 Å². The van der Waals surface area contributed by atoms with Crippen molar-refractivity contribution < 1.29 is 96.4 Å². The number of unbranched alkanes of at least 4 members (excludes halogenated alkanes) is 13. The number of aliphatic hydroxyl groups is 2. The predicted molar refractivity (Wildman–Crippen MR) is 514 cm³/mol. The van der Waals surface area contributed by atoms with Crippen LogP contribution in [-0.4, -0.2) is 298 Å². The number of tetrazole rings is 1. The third-order valence-electron chi connectivity index (χ3n) is 23.5. The Bertz CT molecular complexity index is 4520. The zero-order valence-corrected chi connectivity index (χ0v) is 80.2. The minimum Gasteiger partial charge on any atom is -0.394 e. The van der Waals surface area contributed by atoms with Gasteiger partial charge in [-0.2, -0.15) is 0 Å². The normalized spacial score (nSPS) is 20.0. The van der Waals surface area contributed by atoms with Crippen LogP contribution in [-0.2, 0) is 105 Å². The van der Waals surface area contributed by atoms with Gasteiger partial charge in [-0.15, -0.1) is 5.10 Å². The molecule has 0 bridgehead atoms. The molecule has 5 heterocycles. The summed E-state index contributed by atoms with van der Waals surface area (Å²) in [5.74, 6) is -13.7. The number of ether oxygens (including phenoxy) is 2. The van der Waals surface area contributed by atoms with Crippen molar-refractivity contribution in [2.45, 2.75) is 291 Å². The number of benzene rings is 1. The summed E-state index contributed by atoms with van der Waals surface area (Å²) >= 11 is 0. The van der Waals surface area contributed by atoms with Crippen LogP contribution in [0.4, 0.5) is 0 Å². The van der Waals surface area contributed by atoms with Crippen molar-refractivity contribution in [1.82, 2.24) is 115 Å². The van der Waals surface area contributed by atoms with Crippen molar-refractivity contribution in [3.05, 3.63) is 108 Å². The van der Waals surface area contributed by atoms with Gasteiger partial charge in [0.25, 0.3) is 0 Å². The van der Waals surface area contributed by atoms with E-state index in [0.29, 0.717) is 36.1 Å². The van der Waals surface area contributed by atoms with Gasteiger partial charge in [-0.25, -0.2) is 10.1 Å². The highest BCUT2D eigenvalue weighted by Gasteiger charge is 2.44. The fourth-order valence-corrected chi connectivity index (χ4v) is 15.7. The van der Waals surface area contributed by atoms with Gasteiger partial charge in [0, 0.05) is 96.5 Å². The van der Waals surface area contributed by atoms with Gasteiger partial charge in [-0.3, -0.25) is 82.1 Å². The number of nitrogens with two attached hydrogens (primary N) is 4. The van der Waals surface area contributed by atoms with Gasteiger partial charge in [0.15, 0.2) is 5.96 Å². The SMILES string of the molecule is C=C1/C=C\C=C/CN/C=C\1C[C@@H]1NC(=O)[C@H](CCCNC(=N)N)NC(=O)[C@@H](Cc2ccccc2)NC(=O)[C@@H]2C[C@@H](O)CN2C(=O)[C@@H](NC(=O)[C@H](CCCC)NC(=O)[C@H](CCCN)NC(=O)[C@H](Cc2c[nH]cn2)NC(=O)[C@H](CCC(N)=O)NC(=O)[C@H](CO)NC(=O)CNC(=O)COCCOCCNC(=O)CCCCCCCCCCCCCCCc2nnn[nH]2)CCC(=O)NCCCC[C@@H](C(N)=O)NC1=O. The second kappa shape index (κ2) is 66.4. The molecule has 0 aliphatic carbocycles. The number of aromatic nitrogens is 6. The first-order valence-electron chi connectivity index (χ1n) is 48.6. The van der Waals surface area contributed by atoms with E-state index >= 15 is 19.2 Å². The number of hydrogen-bond donors (Lipinski definition) is 24. The average molecular weight is 1960 g/mol. The molecule has 0 radical (unpaired) electrons. The number of aryl methyl sites for hydroxylation is 1. The lowest BCUT2D eigenvalue weighted by Gasteiger charge is -2.31. The van der Waals surface area contributed by atoms with Crippen LogP contribution in [0.2, 0.25) is 0 Å². The molecule has 2 aromatic heterocycles. The summed E-state index contributed by atoms with van der Waals surface area (Å²) in [7, 11) is 0. The number of H-pyrrole nitrogens is 2. The van der Waals surface area contributed by atoms with E-state index in [0.717, 1.165) is 49.2 Å². The molecule has 2 fully saturated rings. The number of rotatable bonds is 58. The van der Waals surface area contributed by atoms with E-state index in [1.807, 2.05) is 6.08 Å². The minimum absolute atomic E-state index is 0.0113. The highest BCUT2D eigenvalue weighted by Crippen LogP contribution is 2.24. The van der Waals surface area contributed by atoms with E-state index in [1.54, 1.807) is 61.7 Å². The van der Waals surface area contributed by atoms with Crippen molar-refractivity contribution >= 4 is 100 Å². The molecule has 0 saturated carbocycles. The molecule has 140 heavy (non-hydrogen) atoms. The first-order chi connectivity index (χ1) is 67.4. The average Bonchev–Trinajstić information content (AvgIpc) is 1.66. The Balaban J connectivity index is 1.09. The van der Waals surface area contributed by atoms with Crippen LogP contribution in [0.15, 0.2) is 91.1 Å². The number of fused-ring (bicyclic) bond motifs is 1. The van der Waals surface area contributed by atoms with E-state index in [-0.39, 0.29) is 141 Å². The first kappa shape index (κ1) is 116. The largest absolute Gasteiger partial charge is 0.394 e. The van der Waals surface area contributed by atoms with Crippen molar-refractivity contribution in [2.75, 3.05) is 78.8 Å². The number of carbonyl (C=O) groups excluding carboxylic acids is 16. The minimum atomic E-state index is -1.76. The Morgan fingerprint density at radius 3 is 1.92 bits per heavy atom. The van der Waals surface area contributed by atoms with Crippen LogP contribution in [0.25, 0.3) is 0 Å². The van der Waals surface area contributed by atoms with Crippen LogP contribution >= 0.6 is 0 Å². The molecule has 12 atom stereocenters. The fourth-order valence-electron chi connectivity index (χ4n) is 15.7. The molecule has 0 spiro atoms. The van der Waals surface area contributed by atoms with Crippen LogP contribution in [0.1, 0.15) is 217 Å². The zero-order valence-electron chi connectivity index (χ0n) is 80.2. The molecule has 1 aromatic carbocycles. The number of aromatic amines is 2. The van der Waals surface area contributed by atoms with E-state index in [4.69, 9.17) is 37.8 Å². The molecule has 2 saturated heterocycles. The maximum Gasteiger partial charge on any atom is 0.246 e. The van der Waals surface area contributed by atoms with E-state index < -0.39 is 220 Å². The van der Waals surface area contributed by atoms with Gasteiger partial charge in [0.2, 0.25) is 94.5 Å². The molecule has 0 unspecified atom stereocenters. The monoisotopic (exact) mass is 1960 g/mol. The number of imidazole rings is 1. The molecule has 16 amide bonds. The predicted octanol–water partition coefficient (Wildman–Crippen LogP) is -2.95. The Hall–Kier alpha value is -13.1. The number of aliphatic hydroxyl groups excluding tert-OH is 2. The second-order valence-corrected chi connectivity index (χ2v) is 34.9. The summed E-state index contributed by atoms with van der Waals surface area (Å²) in [6, 6.07) is -8.87. The number of amides is 16.